The third kappa shape index (κ3) is 5.59. The summed E-state index contributed by atoms with van der Waals surface area (Å²) in [5.74, 6) is -0.910. The number of aliphatic hydroxyl groups is 1. The van der Waals surface area contributed by atoms with Crippen LogP contribution in [-0.4, -0.2) is 22.3 Å². The van der Waals surface area contributed by atoms with Crippen molar-refractivity contribution in [2.75, 3.05) is 0 Å². The number of benzene rings is 1. The fraction of sp³-hybridized carbons (Fsp3) is 0.556. The van der Waals surface area contributed by atoms with Gasteiger partial charge in [0.05, 0.1) is 6.10 Å². The quantitative estimate of drug-likeness (QED) is 0.534. The summed E-state index contributed by atoms with van der Waals surface area (Å²) in [5, 5.41) is 19.2. The Hall–Kier alpha value is -1.46. The van der Waals surface area contributed by atoms with Crippen molar-refractivity contribution in [1.82, 2.24) is 5.48 Å². The number of nitrogens with one attached hydrogen (secondary N) is 1. The molecule has 4 nitrogen and oxygen atoms in total. The van der Waals surface area contributed by atoms with Gasteiger partial charge in [-0.3, -0.25) is 10.0 Å². The van der Waals surface area contributed by atoms with Crippen LogP contribution in [0.3, 0.4) is 0 Å². The average Bonchev–Trinajstić information content (AvgIpc) is 2.58. The fourth-order valence-corrected chi connectivity index (χ4v) is 3.43. The van der Waals surface area contributed by atoms with Crippen LogP contribution in [0.15, 0.2) is 24.3 Å². The Bertz CT molecular complexity index is 503. The summed E-state index contributed by atoms with van der Waals surface area (Å²) in [6.45, 7) is 0. The molecule has 1 amide bonds. The van der Waals surface area contributed by atoms with Crippen LogP contribution in [0, 0.1) is 24.1 Å². The molecule has 2 unspecified atom stereocenters. The number of halogens is 1. The summed E-state index contributed by atoms with van der Waals surface area (Å²) >= 11 is 0. The molecule has 0 spiro atoms. The number of carbonyl (C=O) groups is 1. The van der Waals surface area contributed by atoms with Crippen molar-refractivity contribution in [2.45, 2.75) is 51.0 Å². The van der Waals surface area contributed by atoms with Crippen molar-refractivity contribution in [3.63, 3.8) is 0 Å². The van der Waals surface area contributed by atoms with Crippen LogP contribution in [0.2, 0.25) is 0 Å². The predicted octanol–water partition coefficient (Wildman–Crippen LogP) is 3.03. The second-order valence-electron chi connectivity index (χ2n) is 6.35. The predicted molar refractivity (Wildman–Crippen MR) is 85.0 cm³/mol. The van der Waals surface area contributed by atoms with Gasteiger partial charge in [-0.2, -0.15) is 0 Å². The van der Waals surface area contributed by atoms with Gasteiger partial charge in [0, 0.05) is 5.92 Å². The summed E-state index contributed by atoms with van der Waals surface area (Å²) < 4.78 is 13.1. The minimum atomic E-state index is -0.762. The Balaban J connectivity index is 1.88. The van der Waals surface area contributed by atoms with Crippen LogP contribution in [0.1, 0.15) is 44.1 Å². The highest BCUT2D eigenvalue weighted by molar-refractivity contribution is 5.77. The maximum absolute atomic E-state index is 13.1. The first-order valence-corrected chi connectivity index (χ1v) is 8.30. The SMILES string of the molecule is O=C(NO)C(CC(O)[CH]Cc1cccc(F)c1)C1CCCCC1. The number of amides is 1. The maximum atomic E-state index is 13.1. The lowest BCUT2D eigenvalue weighted by Crippen LogP contribution is -2.36. The summed E-state index contributed by atoms with van der Waals surface area (Å²) in [5.41, 5.74) is 2.52. The van der Waals surface area contributed by atoms with Crippen molar-refractivity contribution in [3.05, 3.63) is 42.1 Å². The molecular weight excluding hydrogens is 297 g/mol. The van der Waals surface area contributed by atoms with Gasteiger partial charge in [-0.25, -0.2) is 9.87 Å². The van der Waals surface area contributed by atoms with Crippen LogP contribution in [0.25, 0.3) is 0 Å². The van der Waals surface area contributed by atoms with E-state index in [9.17, 15) is 14.3 Å². The second kappa shape index (κ2) is 8.99. The van der Waals surface area contributed by atoms with Crippen LogP contribution in [0.5, 0.6) is 0 Å². The Labute approximate surface area is 136 Å². The smallest absolute Gasteiger partial charge is 0.246 e. The highest BCUT2D eigenvalue weighted by atomic mass is 19.1. The van der Waals surface area contributed by atoms with E-state index in [4.69, 9.17) is 5.21 Å². The molecule has 0 aliphatic heterocycles. The third-order valence-electron chi connectivity index (χ3n) is 4.68. The Morgan fingerprint density at radius 3 is 2.74 bits per heavy atom. The van der Waals surface area contributed by atoms with Gasteiger partial charge in [0.15, 0.2) is 0 Å². The monoisotopic (exact) mass is 322 g/mol. The van der Waals surface area contributed by atoms with E-state index in [0.717, 1.165) is 31.2 Å². The zero-order valence-corrected chi connectivity index (χ0v) is 13.2. The van der Waals surface area contributed by atoms with E-state index in [0.29, 0.717) is 6.42 Å². The molecule has 0 bridgehead atoms. The lowest BCUT2D eigenvalue weighted by atomic mass is 9.77. The molecule has 127 valence electrons. The average molecular weight is 322 g/mol. The topological polar surface area (TPSA) is 69.6 Å². The largest absolute Gasteiger partial charge is 0.393 e. The number of hydroxylamine groups is 1. The number of hydrogen-bond acceptors (Lipinski definition) is 3. The maximum Gasteiger partial charge on any atom is 0.246 e. The fourth-order valence-electron chi connectivity index (χ4n) is 3.43. The van der Waals surface area contributed by atoms with E-state index < -0.39 is 12.0 Å². The van der Waals surface area contributed by atoms with Crippen molar-refractivity contribution in [1.29, 1.82) is 0 Å². The van der Waals surface area contributed by atoms with Gasteiger partial charge in [0.25, 0.3) is 0 Å². The number of rotatable bonds is 7. The third-order valence-corrected chi connectivity index (χ3v) is 4.68. The van der Waals surface area contributed by atoms with Gasteiger partial charge in [-0.15, -0.1) is 0 Å². The van der Waals surface area contributed by atoms with Crippen molar-refractivity contribution >= 4 is 5.91 Å². The van der Waals surface area contributed by atoms with E-state index in [-0.39, 0.29) is 24.1 Å². The molecule has 3 N–H and O–H groups in total. The molecular formula is C18H25FNO3. The van der Waals surface area contributed by atoms with Gasteiger partial charge in [-0.05, 0) is 55.7 Å². The van der Waals surface area contributed by atoms with Gasteiger partial charge < -0.3 is 5.11 Å². The second-order valence-corrected chi connectivity index (χ2v) is 6.35. The highest BCUT2D eigenvalue weighted by Gasteiger charge is 2.31. The van der Waals surface area contributed by atoms with E-state index in [1.54, 1.807) is 24.0 Å². The molecule has 23 heavy (non-hydrogen) atoms. The van der Waals surface area contributed by atoms with Gasteiger partial charge in [-0.1, -0.05) is 31.4 Å². The molecule has 1 aromatic carbocycles. The lowest BCUT2D eigenvalue weighted by molar-refractivity contribution is -0.136. The normalized spacial score (nSPS) is 18.4. The first-order valence-electron chi connectivity index (χ1n) is 8.30. The zero-order chi connectivity index (χ0) is 16.7. The van der Waals surface area contributed by atoms with E-state index in [1.807, 2.05) is 0 Å². The number of carbonyl (C=O) groups excluding carboxylic acids is 1. The molecule has 1 aliphatic carbocycles. The Morgan fingerprint density at radius 1 is 1.35 bits per heavy atom. The molecule has 5 heteroatoms. The highest BCUT2D eigenvalue weighted by Crippen LogP contribution is 2.33. The molecule has 1 fully saturated rings. The molecule has 0 saturated heterocycles. The van der Waals surface area contributed by atoms with Crippen molar-refractivity contribution in [2.24, 2.45) is 11.8 Å². The number of hydrogen-bond donors (Lipinski definition) is 3. The first kappa shape index (κ1) is 17.9. The molecule has 1 aliphatic rings. The molecule has 1 radical (unpaired) electrons. The first-order chi connectivity index (χ1) is 11.1. The summed E-state index contributed by atoms with van der Waals surface area (Å²) in [4.78, 5) is 11.9. The molecule has 0 aromatic heterocycles. The summed E-state index contributed by atoms with van der Waals surface area (Å²) in [7, 11) is 0. The van der Waals surface area contributed by atoms with Crippen molar-refractivity contribution < 1.29 is 19.5 Å². The zero-order valence-electron chi connectivity index (χ0n) is 13.2. The molecule has 1 saturated carbocycles. The van der Waals surface area contributed by atoms with Gasteiger partial charge in [0.1, 0.15) is 5.82 Å². The number of aliphatic hydroxyl groups excluding tert-OH is 1. The summed E-state index contributed by atoms with van der Waals surface area (Å²) in [6.07, 6.45) is 6.91. The van der Waals surface area contributed by atoms with E-state index in [1.165, 1.54) is 18.6 Å². The van der Waals surface area contributed by atoms with E-state index >= 15 is 0 Å². The Morgan fingerprint density at radius 2 is 2.09 bits per heavy atom. The molecule has 2 atom stereocenters. The van der Waals surface area contributed by atoms with Crippen LogP contribution in [0.4, 0.5) is 4.39 Å². The minimum absolute atomic E-state index is 0.202. The van der Waals surface area contributed by atoms with Crippen molar-refractivity contribution in [3.8, 4) is 0 Å². The molecule has 0 heterocycles. The lowest BCUT2D eigenvalue weighted by Gasteiger charge is -2.30. The van der Waals surface area contributed by atoms with Crippen LogP contribution < -0.4 is 5.48 Å². The van der Waals surface area contributed by atoms with Gasteiger partial charge in [0.2, 0.25) is 5.91 Å². The molecule has 2 rings (SSSR count). The van der Waals surface area contributed by atoms with Crippen LogP contribution >= 0.6 is 0 Å². The molecule has 1 aromatic rings. The summed E-state index contributed by atoms with van der Waals surface area (Å²) in [6, 6.07) is 6.24. The van der Waals surface area contributed by atoms with Crippen LogP contribution in [-0.2, 0) is 11.2 Å². The Kier molecular flexibility index (Phi) is 6.99. The van der Waals surface area contributed by atoms with Gasteiger partial charge >= 0.3 is 0 Å². The van der Waals surface area contributed by atoms with E-state index in [2.05, 4.69) is 0 Å². The minimum Gasteiger partial charge on any atom is -0.393 e. The standard InChI is InChI=1S/C18H25FNO3/c19-15-8-4-5-13(11-15)9-10-16(21)12-17(18(22)20-23)14-6-2-1-3-7-14/h4-5,8,10-11,14,16-17,21,23H,1-3,6-7,9,12H2,(H,20,22).